The van der Waals surface area contributed by atoms with Crippen molar-refractivity contribution in [2.24, 2.45) is 11.7 Å². The van der Waals surface area contributed by atoms with Gasteiger partial charge in [0.25, 0.3) is 0 Å². The Morgan fingerprint density at radius 2 is 1.73 bits per heavy atom. The highest BCUT2D eigenvalue weighted by molar-refractivity contribution is 5.74. The molecule has 2 atom stereocenters. The maximum atomic E-state index is 5.84. The van der Waals surface area contributed by atoms with Crippen LogP contribution in [0.5, 0.6) is 5.75 Å². The molecule has 2 rings (SSSR count). The van der Waals surface area contributed by atoms with Crippen molar-refractivity contribution < 1.29 is 6.16 Å². The van der Waals surface area contributed by atoms with Crippen LogP contribution in [0.15, 0.2) is 80.1 Å². The van der Waals surface area contributed by atoms with Crippen molar-refractivity contribution in [2.45, 2.75) is 53.4 Å². The van der Waals surface area contributed by atoms with Gasteiger partial charge in [0.05, 0.1) is 0 Å². The second-order valence-electron chi connectivity index (χ2n) is 10.3. The summed E-state index contributed by atoms with van der Waals surface area (Å²) in [6.07, 6.45) is 11.3. The Morgan fingerprint density at radius 3 is 2.27 bits per heavy atom. The monoisotopic (exact) mass is 549 g/mol. The van der Waals surface area contributed by atoms with Crippen molar-refractivity contribution in [3.05, 3.63) is 102 Å². The zero-order valence-corrected chi connectivity index (χ0v) is 26.9. The highest BCUT2D eigenvalue weighted by Gasteiger charge is 2.18. The van der Waals surface area contributed by atoms with Crippen molar-refractivity contribution in [3.63, 3.8) is 0 Å². The van der Waals surface area contributed by atoms with E-state index in [2.05, 4.69) is 108 Å². The zero-order valence-electron chi connectivity index (χ0n) is 26.9. The molecule has 224 valence electrons. The molecule has 0 saturated heterocycles. The molecule has 4 nitrogen and oxygen atoms in total. The molecule has 2 aromatic carbocycles. The van der Waals surface area contributed by atoms with E-state index < -0.39 is 0 Å². The van der Waals surface area contributed by atoms with E-state index in [0.717, 1.165) is 30.8 Å². The van der Waals surface area contributed by atoms with Gasteiger partial charge in [-0.3, -0.25) is 0 Å². The van der Waals surface area contributed by atoms with Gasteiger partial charge < -0.3 is 20.3 Å². The highest BCUT2D eigenvalue weighted by Crippen LogP contribution is 2.32. The molecule has 0 bridgehead atoms. The first-order valence-corrected chi connectivity index (χ1v) is 14.6. The average Bonchev–Trinajstić information content (AvgIpc) is 2.93. The molecule has 2 aromatic rings. The maximum Gasteiger partial charge on any atom is 0.127 e. The molecule has 0 aliphatic heterocycles. The van der Waals surface area contributed by atoms with E-state index >= 15 is 0 Å². The van der Waals surface area contributed by atoms with Gasteiger partial charge in [0.1, 0.15) is 12.4 Å². The Hall–Kier alpha value is -3.08. The summed E-state index contributed by atoms with van der Waals surface area (Å²) in [6, 6.07) is 14.9. The second kappa shape index (κ2) is 21.7. The SMILES string of the molecule is C=C/C=C(/CCN(C)C)c1c(C)cccc1OC/C=C/N.C=Cc1cccc([C@@H](CC)[C@H](C)CN(C)C)c1.CC.[HH]. The van der Waals surface area contributed by atoms with E-state index in [-0.39, 0.29) is 1.43 Å². The normalized spacial score (nSPS) is 12.7. The molecule has 0 heterocycles. The smallest absolute Gasteiger partial charge is 0.127 e. The summed E-state index contributed by atoms with van der Waals surface area (Å²) in [6.45, 7) is 21.0. The first kappa shape index (κ1) is 36.9. The van der Waals surface area contributed by atoms with Crippen LogP contribution >= 0.6 is 0 Å². The third-order valence-electron chi connectivity index (χ3n) is 6.53. The summed E-state index contributed by atoms with van der Waals surface area (Å²) < 4.78 is 5.84. The molecule has 4 heteroatoms. The lowest BCUT2D eigenvalue weighted by atomic mass is 9.84. The van der Waals surface area contributed by atoms with Crippen LogP contribution in [0.1, 0.15) is 70.1 Å². The lowest BCUT2D eigenvalue weighted by Gasteiger charge is -2.26. The van der Waals surface area contributed by atoms with Crippen molar-refractivity contribution in [3.8, 4) is 5.75 Å². The number of hydrogen-bond donors (Lipinski definition) is 1. The van der Waals surface area contributed by atoms with Gasteiger partial charge >= 0.3 is 0 Å². The molecule has 0 saturated carbocycles. The van der Waals surface area contributed by atoms with Crippen molar-refractivity contribution in [2.75, 3.05) is 47.9 Å². The first-order chi connectivity index (χ1) is 19.2. The number of aryl methyl sites for hydroxylation is 1. The molecule has 2 N–H and O–H groups in total. The summed E-state index contributed by atoms with van der Waals surface area (Å²) in [5, 5.41) is 0. The number of rotatable bonds is 14. The predicted molar refractivity (Wildman–Crippen MR) is 182 cm³/mol. The fraction of sp³-hybridized carbons (Fsp3) is 0.444. The molecule has 0 spiro atoms. The molecule has 0 unspecified atom stereocenters. The van der Waals surface area contributed by atoms with Gasteiger partial charge in [0, 0.05) is 20.1 Å². The Balaban J connectivity index is 0. The van der Waals surface area contributed by atoms with Crippen LogP contribution < -0.4 is 10.5 Å². The highest BCUT2D eigenvalue weighted by atomic mass is 16.5. The topological polar surface area (TPSA) is 41.7 Å². The predicted octanol–water partition coefficient (Wildman–Crippen LogP) is 8.66. The van der Waals surface area contributed by atoms with Crippen LogP contribution in [0.25, 0.3) is 11.6 Å². The quantitative estimate of drug-likeness (QED) is 0.239. The minimum Gasteiger partial charge on any atom is -0.489 e. The van der Waals surface area contributed by atoms with Gasteiger partial charge in [-0.25, -0.2) is 0 Å². The lowest BCUT2D eigenvalue weighted by Crippen LogP contribution is -2.24. The van der Waals surface area contributed by atoms with Gasteiger partial charge in [0.2, 0.25) is 0 Å². The Bertz CT molecular complexity index is 1040. The summed E-state index contributed by atoms with van der Waals surface area (Å²) in [7, 11) is 8.44. The Morgan fingerprint density at radius 1 is 1.05 bits per heavy atom. The molecule has 0 aliphatic rings. The van der Waals surface area contributed by atoms with Gasteiger partial charge in [-0.15, -0.1) is 0 Å². The van der Waals surface area contributed by atoms with Crippen LogP contribution in [-0.4, -0.2) is 57.7 Å². The standard InChI is InChI=1S/C18H26N2O.C16H25N.C2H6.H2/c1-5-8-16(11-13-20(3)4)18-15(2)9-6-10-17(18)21-14-7-12-19;1-6-14-9-8-10-15(11-14)16(7-2)13(3)12-17(4)5;1-2;/h5-10,12H,1,11,13-14,19H2,2-4H3;6,8-11,13,16H,1,7,12H2,2-5H3;1-2H3;1H/b12-7+,16-8-;;;/t;13-,16+;;/m.1../s1. The Kier molecular flexibility index (Phi) is 20.0. The largest absolute Gasteiger partial charge is 0.489 e. The van der Waals surface area contributed by atoms with Gasteiger partial charge in [-0.1, -0.05) is 95.5 Å². The minimum absolute atomic E-state index is 0. The van der Waals surface area contributed by atoms with Crippen LogP contribution in [0.2, 0.25) is 0 Å². The van der Waals surface area contributed by atoms with Gasteiger partial charge in [-0.2, -0.15) is 0 Å². The number of nitrogens with two attached hydrogens (primary N) is 1. The van der Waals surface area contributed by atoms with Crippen molar-refractivity contribution in [1.29, 1.82) is 0 Å². The minimum atomic E-state index is 0. The number of nitrogens with zero attached hydrogens (tertiary/aromatic N) is 2. The number of hydrogen-bond acceptors (Lipinski definition) is 4. The molecule has 0 fully saturated rings. The second-order valence-corrected chi connectivity index (χ2v) is 10.3. The number of ether oxygens (including phenoxy) is 1. The van der Waals surface area contributed by atoms with E-state index in [1.807, 2.05) is 38.1 Å². The molecular weight excluding hydrogens is 490 g/mol. The summed E-state index contributed by atoms with van der Waals surface area (Å²) >= 11 is 0. The molecule has 0 aliphatic carbocycles. The number of allylic oxidation sites excluding steroid dienone is 2. The van der Waals surface area contributed by atoms with Gasteiger partial charge in [-0.05, 0) is 100 Å². The fourth-order valence-electron chi connectivity index (χ4n) is 4.73. The maximum absolute atomic E-state index is 5.84. The van der Waals surface area contributed by atoms with E-state index in [9.17, 15) is 0 Å². The average molecular weight is 550 g/mol. The van der Waals surface area contributed by atoms with E-state index in [1.54, 1.807) is 6.08 Å². The summed E-state index contributed by atoms with van der Waals surface area (Å²) in [5.74, 6) is 2.20. The van der Waals surface area contributed by atoms with Crippen LogP contribution in [-0.2, 0) is 0 Å². The third kappa shape index (κ3) is 13.8. The van der Waals surface area contributed by atoms with Crippen LogP contribution in [0.3, 0.4) is 0 Å². The van der Waals surface area contributed by atoms with E-state index in [4.69, 9.17) is 10.5 Å². The van der Waals surface area contributed by atoms with Crippen LogP contribution in [0, 0.1) is 12.8 Å². The lowest BCUT2D eigenvalue weighted by molar-refractivity contribution is 0.301. The molecule has 0 amide bonds. The third-order valence-corrected chi connectivity index (χ3v) is 6.53. The first-order valence-electron chi connectivity index (χ1n) is 14.6. The molecule has 0 aromatic heterocycles. The molecular formula is C36H59N3O. The Labute approximate surface area is 248 Å². The molecule has 0 radical (unpaired) electrons. The number of benzene rings is 2. The summed E-state index contributed by atoms with van der Waals surface area (Å²) in [5.41, 5.74) is 11.6. The molecule has 40 heavy (non-hydrogen) atoms. The van der Waals surface area contributed by atoms with Gasteiger partial charge in [0.15, 0.2) is 0 Å². The van der Waals surface area contributed by atoms with Crippen molar-refractivity contribution >= 4 is 11.6 Å². The summed E-state index contributed by atoms with van der Waals surface area (Å²) in [4.78, 5) is 4.44. The fourth-order valence-corrected chi connectivity index (χ4v) is 4.73. The van der Waals surface area contributed by atoms with Crippen molar-refractivity contribution in [1.82, 2.24) is 9.80 Å². The zero-order chi connectivity index (χ0) is 30.5. The van der Waals surface area contributed by atoms with E-state index in [1.165, 1.54) is 34.9 Å². The van der Waals surface area contributed by atoms with E-state index in [0.29, 0.717) is 18.4 Å². The van der Waals surface area contributed by atoms with Crippen LogP contribution in [0.4, 0.5) is 0 Å².